The van der Waals surface area contributed by atoms with Crippen LogP contribution in [-0.2, 0) is 4.74 Å². The monoisotopic (exact) mass is 123 g/mol. The van der Waals surface area contributed by atoms with E-state index in [1.54, 1.807) is 0 Å². The van der Waals surface area contributed by atoms with Crippen LogP contribution in [-0.4, -0.2) is 13.4 Å². The minimum Gasteiger partial charge on any atom is -0.206 e. The van der Waals surface area contributed by atoms with Gasteiger partial charge in [-0.1, -0.05) is 0 Å². The largest absolute Gasteiger partial charge is 0.473 e. The Morgan fingerprint density at radius 2 is 1.67 bits per heavy atom. The maximum Gasteiger partial charge on any atom is 0.473 e. The predicted molar refractivity (Wildman–Crippen MR) is 37.9 cm³/mol. The Balaban J connectivity index is 2.70. The van der Waals surface area contributed by atoms with Crippen molar-refractivity contribution in [1.29, 1.82) is 0 Å². The van der Waals surface area contributed by atoms with Crippen molar-refractivity contribution in [2.45, 2.75) is 33.3 Å². The molecular formula is C7H12BO+. The van der Waals surface area contributed by atoms with E-state index in [0.717, 1.165) is 0 Å². The summed E-state index contributed by atoms with van der Waals surface area (Å²) in [5.41, 5.74) is -0.0237. The highest BCUT2D eigenvalue weighted by Crippen LogP contribution is 2.52. The smallest absolute Gasteiger partial charge is 0.206 e. The lowest BCUT2D eigenvalue weighted by molar-refractivity contribution is -0.195. The van der Waals surface area contributed by atoms with Gasteiger partial charge in [-0.2, -0.15) is 0 Å². The van der Waals surface area contributed by atoms with Crippen LogP contribution in [0.25, 0.3) is 0 Å². The SMILES string of the molecule is [B][C+]1OC(C)(C)C1(C)C. The molecule has 0 aromatic rings. The first-order chi connectivity index (χ1) is 3.88. The van der Waals surface area contributed by atoms with Crippen LogP contribution in [0.3, 0.4) is 0 Å². The minimum absolute atomic E-state index is 0.0486. The minimum atomic E-state index is -0.0723. The van der Waals surface area contributed by atoms with E-state index in [0.29, 0.717) is 6.00 Å². The van der Waals surface area contributed by atoms with Gasteiger partial charge in [-0.3, -0.25) is 0 Å². The lowest BCUT2D eigenvalue weighted by Gasteiger charge is -2.45. The molecule has 9 heavy (non-hydrogen) atoms. The van der Waals surface area contributed by atoms with Crippen LogP contribution in [0.4, 0.5) is 0 Å². The second kappa shape index (κ2) is 1.49. The zero-order valence-corrected chi connectivity index (χ0v) is 6.49. The standard InChI is InChI=1S/C7H12BO/c1-6(2)5(8)9-7(6,3)4/h1-4H3/q+1. The summed E-state index contributed by atoms with van der Waals surface area (Å²) < 4.78 is 5.24. The molecule has 0 aromatic carbocycles. The first-order valence-electron chi connectivity index (χ1n) is 3.20. The first kappa shape index (κ1) is 7.01. The van der Waals surface area contributed by atoms with Crippen LogP contribution in [0, 0.1) is 11.4 Å². The van der Waals surface area contributed by atoms with Gasteiger partial charge in [0.2, 0.25) is 0 Å². The lowest BCUT2D eigenvalue weighted by atomic mass is 9.60. The first-order valence-corrected chi connectivity index (χ1v) is 3.20. The van der Waals surface area contributed by atoms with Crippen molar-refractivity contribution < 1.29 is 4.74 Å². The third-order valence-corrected chi connectivity index (χ3v) is 2.49. The van der Waals surface area contributed by atoms with Crippen molar-refractivity contribution in [2.24, 2.45) is 5.41 Å². The molecule has 1 aliphatic rings. The highest BCUT2D eigenvalue weighted by atomic mass is 16.5. The van der Waals surface area contributed by atoms with Crippen LogP contribution >= 0.6 is 0 Å². The molecule has 2 radical (unpaired) electrons. The van der Waals surface area contributed by atoms with Crippen LogP contribution in [0.5, 0.6) is 0 Å². The van der Waals surface area contributed by atoms with E-state index in [1.165, 1.54) is 0 Å². The average Bonchev–Trinajstić information content (AvgIpc) is 1.65. The van der Waals surface area contributed by atoms with Gasteiger partial charge in [-0.25, -0.2) is 4.74 Å². The molecule has 0 aliphatic carbocycles. The van der Waals surface area contributed by atoms with Gasteiger partial charge in [-0.05, 0) is 27.7 Å². The summed E-state index contributed by atoms with van der Waals surface area (Å²) in [6.07, 6.45) is 0. The number of ether oxygens (including phenoxy) is 1. The van der Waals surface area contributed by atoms with Gasteiger partial charge in [0, 0.05) is 0 Å². The molecule has 0 unspecified atom stereocenters. The van der Waals surface area contributed by atoms with Crippen molar-refractivity contribution in [1.82, 2.24) is 0 Å². The number of hydrogen-bond donors (Lipinski definition) is 0. The van der Waals surface area contributed by atoms with Crippen molar-refractivity contribution in [3.05, 3.63) is 6.00 Å². The molecule has 1 fully saturated rings. The Hall–Kier alpha value is -0.105. The molecule has 0 amide bonds. The molecule has 0 bridgehead atoms. The fourth-order valence-electron chi connectivity index (χ4n) is 0.780. The molecule has 1 rings (SSSR count). The maximum atomic E-state index is 5.53. The Morgan fingerprint density at radius 3 is 1.67 bits per heavy atom. The van der Waals surface area contributed by atoms with E-state index in [2.05, 4.69) is 13.8 Å². The molecule has 0 spiro atoms. The van der Waals surface area contributed by atoms with Crippen molar-refractivity contribution in [3.63, 3.8) is 0 Å². The van der Waals surface area contributed by atoms with E-state index < -0.39 is 0 Å². The van der Waals surface area contributed by atoms with E-state index in [-0.39, 0.29) is 11.0 Å². The second-order valence-corrected chi connectivity index (χ2v) is 3.60. The zero-order valence-electron chi connectivity index (χ0n) is 6.49. The molecule has 1 aliphatic heterocycles. The molecule has 0 N–H and O–H groups in total. The quantitative estimate of drug-likeness (QED) is 0.350. The van der Waals surface area contributed by atoms with Gasteiger partial charge in [0.15, 0.2) is 11.6 Å². The molecule has 2 heteroatoms. The van der Waals surface area contributed by atoms with Gasteiger partial charge < -0.3 is 0 Å². The number of rotatable bonds is 0. The maximum absolute atomic E-state index is 5.53. The third-order valence-electron chi connectivity index (χ3n) is 2.49. The third kappa shape index (κ3) is 0.693. The van der Waals surface area contributed by atoms with Crippen molar-refractivity contribution >= 4 is 7.85 Å². The Bertz CT molecular complexity index is 129. The van der Waals surface area contributed by atoms with Crippen LogP contribution in [0.15, 0.2) is 0 Å². The average molecular weight is 123 g/mol. The molecule has 0 aromatic heterocycles. The highest BCUT2D eigenvalue weighted by molar-refractivity contribution is 6.19. The molecule has 48 valence electrons. The normalized spacial score (nSPS) is 29.6. The van der Waals surface area contributed by atoms with Crippen molar-refractivity contribution in [2.75, 3.05) is 0 Å². The Morgan fingerprint density at radius 1 is 1.22 bits per heavy atom. The fraction of sp³-hybridized carbons (Fsp3) is 0.857. The molecule has 0 atom stereocenters. The van der Waals surface area contributed by atoms with Crippen LogP contribution in [0.2, 0.25) is 0 Å². The fourth-order valence-corrected chi connectivity index (χ4v) is 0.780. The second-order valence-electron chi connectivity index (χ2n) is 3.60. The van der Waals surface area contributed by atoms with Crippen molar-refractivity contribution in [3.8, 4) is 0 Å². The summed E-state index contributed by atoms with van der Waals surface area (Å²) in [6.45, 7) is 8.27. The summed E-state index contributed by atoms with van der Waals surface area (Å²) >= 11 is 0. The Kier molecular flexibility index (Phi) is 1.16. The van der Waals surface area contributed by atoms with Gasteiger partial charge in [-0.15, -0.1) is 0 Å². The van der Waals surface area contributed by atoms with Crippen LogP contribution in [0.1, 0.15) is 27.7 Å². The highest BCUT2D eigenvalue weighted by Gasteiger charge is 2.64. The summed E-state index contributed by atoms with van der Waals surface area (Å²) in [6, 6.07) is 0.660. The topological polar surface area (TPSA) is 9.23 Å². The zero-order chi connectivity index (χ0) is 7.28. The van der Waals surface area contributed by atoms with E-state index in [1.807, 2.05) is 13.8 Å². The van der Waals surface area contributed by atoms with Gasteiger partial charge in [0.1, 0.15) is 5.41 Å². The van der Waals surface area contributed by atoms with E-state index >= 15 is 0 Å². The number of hydrogen-bond acceptors (Lipinski definition) is 1. The van der Waals surface area contributed by atoms with Gasteiger partial charge >= 0.3 is 7.85 Å². The van der Waals surface area contributed by atoms with E-state index in [4.69, 9.17) is 12.6 Å². The van der Waals surface area contributed by atoms with Gasteiger partial charge in [0.05, 0.1) is 0 Å². The molecule has 1 saturated heterocycles. The summed E-state index contributed by atoms with van der Waals surface area (Å²) in [7, 11) is 5.53. The molecule has 0 saturated carbocycles. The van der Waals surface area contributed by atoms with Gasteiger partial charge in [0.25, 0.3) is 0 Å². The molecular weight excluding hydrogens is 111 g/mol. The summed E-state index contributed by atoms with van der Waals surface area (Å²) in [5, 5.41) is 0. The summed E-state index contributed by atoms with van der Waals surface area (Å²) in [4.78, 5) is 0. The van der Waals surface area contributed by atoms with E-state index in [9.17, 15) is 0 Å². The molecule has 1 heterocycles. The van der Waals surface area contributed by atoms with Crippen LogP contribution < -0.4 is 0 Å². The predicted octanol–water partition coefficient (Wildman–Crippen LogP) is 1.48. The Labute approximate surface area is 58.2 Å². The lowest BCUT2D eigenvalue weighted by Crippen LogP contribution is -2.58. The molecule has 1 nitrogen and oxygen atoms in total. The summed E-state index contributed by atoms with van der Waals surface area (Å²) in [5.74, 6) is 0.